The molecule has 0 spiro atoms. The van der Waals surface area contributed by atoms with Gasteiger partial charge in [-0.1, -0.05) is 48.5 Å². The fourth-order valence-corrected chi connectivity index (χ4v) is 2.11. The minimum Gasteiger partial charge on any atom is -0.434 e. The van der Waals surface area contributed by atoms with Gasteiger partial charge in [0.15, 0.2) is 0 Å². The third kappa shape index (κ3) is 4.03. The average molecular weight is 277 g/mol. The van der Waals surface area contributed by atoms with Gasteiger partial charge in [-0.3, -0.25) is 0 Å². The molecule has 0 aromatic heterocycles. The second-order valence-electron chi connectivity index (χ2n) is 4.55. The zero-order valence-electron chi connectivity index (χ0n) is 11.0. The summed E-state index contributed by atoms with van der Waals surface area (Å²) in [6, 6.07) is 16.3. The van der Waals surface area contributed by atoms with Crippen molar-refractivity contribution in [1.29, 1.82) is 0 Å². The fraction of sp³-hybridized carbons (Fsp3) is 0.250. The second kappa shape index (κ2) is 7.01. The van der Waals surface area contributed by atoms with Crippen LogP contribution >= 0.6 is 0 Å². The zero-order valence-corrected chi connectivity index (χ0v) is 11.0. The number of hydrogen-bond donors (Lipinski definition) is 1. The van der Waals surface area contributed by atoms with Crippen molar-refractivity contribution in [1.82, 2.24) is 0 Å². The standard InChI is InChI=1S/C16H17F2NO/c17-16(18)20-15-9-5-4-8-13(15)14(19)11-10-12-6-2-1-3-7-12/h1-9,14,16H,10-11,19H2. The maximum atomic E-state index is 12.4. The highest BCUT2D eigenvalue weighted by molar-refractivity contribution is 5.36. The molecule has 0 aliphatic rings. The van der Waals surface area contributed by atoms with Crippen LogP contribution in [0.5, 0.6) is 5.75 Å². The first-order valence-electron chi connectivity index (χ1n) is 6.50. The van der Waals surface area contributed by atoms with Crippen LogP contribution in [0.3, 0.4) is 0 Å². The number of halogens is 2. The Morgan fingerprint density at radius 2 is 1.60 bits per heavy atom. The largest absolute Gasteiger partial charge is 0.434 e. The van der Waals surface area contributed by atoms with Crippen molar-refractivity contribution in [2.75, 3.05) is 0 Å². The number of rotatable bonds is 6. The molecule has 0 bridgehead atoms. The normalized spacial score (nSPS) is 12.4. The van der Waals surface area contributed by atoms with E-state index in [0.717, 1.165) is 6.42 Å². The summed E-state index contributed by atoms with van der Waals surface area (Å²) in [5.74, 6) is 0.156. The van der Waals surface area contributed by atoms with Crippen LogP contribution in [0.25, 0.3) is 0 Å². The Kier molecular flexibility index (Phi) is 5.07. The maximum Gasteiger partial charge on any atom is 0.387 e. The predicted octanol–water partition coefficient (Wildman–Crippen LogP) is 3.92. The molecule has 0 saturated carbocycles. The summed E-state index contributed by atoms with van der Waals surface area (Å²) in [6.07, 6.45) is 1.47. The summed E-state index contributed by atoms with van der Waals surface area (Å²) >= 11 is 0. The molecule has 1 atom stereocenters. The van der Waals surface area contributed by atoms with Crippen LogP contribution < -0.4 is 10.5 Å². The SMILES string of the molecule is NC(CCc1ccccc1)c1ccccc1OC(F)F. The van der Waals surface area contributed by atoms with Gasteiger partial charge in [0.2, 0.25) is 0 Å². The number of para-hydroxylation sites is 1. The van der Waals surface area contributed by atoms with Crippen LogP contribution in [0.4, 0.5) is 8.78 Å². The van der Waals surface area contributed by atoms with E-state index in [-0.39, 0.29) is 11.8 Å². The Morgan fingerprint density at radius 1 is 0.950 bits per heavy atom. The van der Waals surface area contributed by atoms with Crippen LogP contribution in [-0.4, -0.2) is 6.61 Å². The third-order valence-electron chi connectivity index (χ3n) is 3.12. The molecule has 2 aromatic rings. The Hall–Kier alpha value is -1.94. The van der Waals surface area contributed by atoms with Gasteiger partial charge in [0.25, 0.3) is 0 Å². The van der Waals surface area contributed by atoms with Crippen LogP contribution in [0.2, 0.25) is 0 Å². The Morgan fingerprint density at radius 3 is 2.30 bits per heavy atom. The molecule has 2 rings (SSSR count). The molecule has 2 aromatic carbocycles. The molecule has 1 unspecified atom stereocenters. The van der Waals surface area contributed by atoms with E-state index in [4.69, 9.17) is 5.73 Å². The van der Waals surface area contributed by atoms with E-state index in [1.165, 1.54) is 11.6 Å². The Balaban J connectivity index is 2.03. The van der Waals surface area contributed by atoms with Crippen molar-refractivity contribution < 1.29 is 13.5 Å². The summed E-state index contributed by atoms with van der Waals surface area (Å²) in [7, 11) is 0. The summed E-state index contributed by atoms with van der Waals surface area (Å²) in [5, 5.41) is 0. The molecule has 0 saturated heterocycles. The first kappa shape index (κ1) is 14.5. The smallest absolute Gasteiger partial charge is 0.387 e. The monoisotopic (exact) mass is 277 g/mol. The van der Waals surface area contributed by atoms with Gasteiger partial charge < -0.3 is 10.5 Å². The van der Waals surface area contributed by atoms with Gasteiger partial charge >= 0.3 is 6.61 Å². The van der Waals surface area contributed by atoms with Gasteiger partial charge in [-0.15, -0.1) is 0 Å². The lowest BCUT2D eigenvalue weighted by Crippen LogP contribution is -2.14. The number of benzene rings is 2. The lowest BCUT2D eigenvalue weighted by atomic mass is 9.99. The number of nitrogens with two attached hydrogens (primary N) is 1. The molecule has 0 aliphatic carbocycles. The quantitative estimate of drug-likeness (QED) is 0.868. The first-order valence-corrected chi connectivity index (χ1v) is 6.50. The number of alkyl halides is 2. The van der Waals surface area contributed by atoms with E-state index in [1.807, 2.05) is 30.3 Å². The van der Waals surface area contributed by atoms with Gasteiger partial charge in [0.05, 0.1) is 0 Å². The summed E-state index contributed by atoms with van der Waals surface area (Å²) in [6.45, 7) is -2.84. The van der Waals surface area contributed by atoms with Crippen molar-refractivity contribution in [2.24, 2.45) is 5.73 Å². The van der Waals surface area contributed by atoms with Crippen LogP contribution in [0, 0.1) is 0 Å². The molecule has 2 nitrogen and oxygen atoms in total. The number of aryl methyl sites for hydroxylation is 1. The summed E-state index contributed by atoms with van der Waals surface area (Å²) in [5.41, 5.74) is 7.89. The highest BCUT2D eigenvalue weighted by Crippen LogP contribution is 2.27. The molecule has 4 heteroatoms. The first-order chi connectivity index (χ1) is 9.66. The van der Waals surface area contributed by atoms with Crippen molar-refractivity contribution in [3.8, 4) is 5.75 Å². The van der Waals surface area contributed by atoms with Crippen molar-refractivity contribution in [2.45, 2.75) is 25.5 Å². The van der Waals surface area contributed by atoms with Crippen LogP contribution in [0.15, 0.2) is 54.6 Å². The third-order valence-corrected chi connectivity index (χ3v) is 3.12. The lowest BCUT2D eigenvalue weighted by Gasteiger charge is -2.16. The molecule has 20 heavy (non-hydrogen) atoms. The van der Waals surface area contributed by atoms with Crippen LogP contribution in [0.1, 0.15) is 23.6 Å². The van der Waals surface area contributed by atoms with E-state index >= 15 is 0 Å². The Bertz CT molecular complexity index is 531. The molecule has 2 N–H and O–H groups in total. The van der Waals surface area contributed by atoms with E-state index in [9.17, 15) is 8.78 Å². The van der Waals surface area contributed by atoms with Gasteiger partial charge in [-0.25, -0.2) is 0 Å². The Labute approximate surface area is 117 Å². The minimum absolute atomic E-state index is 0.156. The van der Waals surface area contributed by atoms with E-state index in [1.54, 1.807) is 18.2 Å². The molecule has 0 amide bonds. The molecule has 0 heterocycles. The van der Waals surface area contributed by atoms with Crippen LogP contribution in [-0.2, 0) is 6.42 Å². The highest BCUT2D eigenvalue weighted by Gasteiger charge is 2.14. The van der Waals surface area contributed by atoms with Crippen molar-refractivity contribution in [3.05, 3.63) is 65.7 Å². The van der Waals surface area contributed by atoms with Gasteiger partial charge in [0.1, 0.15) is 5.75 Å². The average Bonchev–Trinajstić information content (AvgIpc) is 2.46. The molecule has 0 aliphatic heterocycles. The molecular weight excluding hydrogens is 260 g/mol. The number of hydrogen-bond acceptors (Lipinski definition) is 2. The molecule has 0 radical (unpaired) electrons. The minimum atomic E-state index is -2.84. The van der Waals surface area contributed by atoms with E-state index < -0.39 is 6.61 Å². The van der Waals surface area contributed by atoms with Gasteiger partial charge in [0, 0.05) is 11.6 Å². The molecule has 0 fully saturated rings. The van der Waals surface area contributed by atoms with Crippen molar-refractivity contribution >= 4 is 0 Å². The fourth-order valence-electron chi connectivity index (χ4n) is 2.11. The molecular formula is C16H17F2NO. The van der Waals surface area contributed by atoms with Gasteiger partial charge in [-0.05, 0) is 24.5 Å². The van der Waals surface area contributed by atoms with Gasteiger partial charge in [-0.2, -0.15) is 8.78 Å². The zero-order chi connectivity index (χ0) is 14.4. The van der Waals surface area contributed by atoms with E-state index in [0.29, 0.717) is 12.0 Å². The maximum absolute atomic E-state index is 12.4. The molecule has 106 valence electrons. The predicted molar refractivity (Wildman–Crippen MR) is 74.8 cm³/mol. The second-order valence-corrected chi connectivity index (χ2v) is 4.55. The lowest BCUT2D eigenvalue weighted by molar-refractivity contribution is -0.0506. The topological polar surface area (TPSA) is 35.2 Å². The van der Waals surface area contributed by atoms with E-state index in [2.05, 4.69) is 4.74 Å². The number of ether oxygens (including phenoxy) is 1. The summed E-state index contributed by atoms with van der Waals surface area (Å²) in [4.78, 5) is 0. The highest BCUT2D eigenvalue weighted by atomic mass is 19.3. The van der Waals surface area contributed by atoms with Crippen molar-refractivity contribution in [3.63, 3.8) is 0 Å². The summed E-state index contributed by atoms with van der Waals surface area (Å²) < 4.78 is 29.2.